The van der Waals surface area contributed by atoms with Crippen molar-refractivity contribution in [3.63, 3.8) is 0 Å². The van der Waals surface area contributed by atoms with E-state index in [1.807, 2.05) is 0 Å². The van der Waals surface area contributed by atoms with Gasteiger partial charge in [-0.1, -0.05) is 12.8 Å². The summed E-state index contributed by atoms with van der Waals surface area (Å²) in [4.78, 5) is 2.77. The lowest BCUT2D eigenvalue weighted by molar-refractivity contribution is -0.269. The molecule has 2 bridgehead atoms. The van der Waals surface area contributed by atoms with Gasteiger partial charge in [0.2, 0.25) is 0 Å². The van der Waals surface area contributed by atoms with Crippen molar-refractivity contribution in [2.24, 2.45) is 11.3 Å². The topological polar surface area (TPSA) is 32.7 Å². The molecule has 3 saturated heterocycles. The molecular formula is C15H25NO2. The number of fused-ring (bicyclic) bond motifs is 2. The van der Waals surface area contributed by atoms with Crippen LogP contribution in [0.1, 0.15) is 51.4 Å². The Bertz CT molecular complexity index is 334. The Morgan fingerprint density at radius 2 is 2.00 bits per heavy atom. The Morgan fingerprint density at radius 3 is 2.94 bits per heavy atom. The fourth-order valence-electron chi connectivity index (χ4n) is 5.34. The highest BCUT2D eigenvalue weighted by Crippen LogP contribution is 2.54. The first-order valence-electron chi connectivity index (χ1n) is 7.86. The van der Waals surface area contributed by atoms with Gasteiger partial charge >= 0.3 is 0 Å². The van der Waals surface area contributed by atoms with E-state index in [0.29, 0.717) is 17.4 Å². The van der Waals surface area contributed by atoms with Crippen LogP contribution in [0.5, 0.6) is 0 Å². The molecule has 5 atom stereocenters. The fraction of sp³-hybridized carbons (Fsp3) is 1.00. The first-order chi connectivity index (χ1) is 8.78. The lowest BCUT2D eigenvalue weighted by atomic mass is 9.58. The minimum absolute atomic E-state index is 0.356. The molecule has 3 aliphatic heterocycles. The van der Waals surface area contributed by atoms with Crippen molar-refractivity contribution < 1.29 is 9.84 Å². The predicted molar refractivity (Wildman–Crippen MR) is 69.1 cm³/mol. The average molecular weight is 251 g/mol. The van der Waals surface area contributed by atoms with Gasteiger partial charge < -0.3 is 9.84 Å². The Labute approximate surface area is 109 Å². The smallest absolute Gasteiger partial charge is 0.154 e. The first kappa shape index (κ1) is 11.7. The van der Waals surface area contributed by atoms with Crippen molar-refractivity contribution >= 4 is 0 Å². The highest BCUT2D eigenvalue weighted by molar-refractivity contribution is 5.07. The SMILES string of the molecule is O[C@H]1CC[C@@]23CCC[C@@H]([C@@H]4CCCCN4C2)[C@@H]3O1. The molecule has 0 aromatic rings. The van der Waals surface area contributed by atoms with Crippen molar-refractivity contribution in [1.29, 1.82) is 0 Å². The van der Waals surface area contributed by atoms with E-state index in [1.54, 1.807) is 0 Å². The highest BCUT2D eigenvalue weighted by atomic mass is 16.6. The van der Waals surface area contributed by atoms with Gasteiger partial charge in [0, 0.05) is 23.9 Å². The summed E-state index contributed by atoms with van der Waals surface area (Å²) in [7, 11) is 0. The Morgan fingerprint density at radius 1 is 1.06 bits per heavy atom. The highest BCUT2D eigenvalue weighted by Gasteiger charge is 2.57. The molecule has 3 heterocycles. The van der Waals surface area contributed by atoms with E-state index in [2.05, 4.69) is 4.90 Å². The van der Waals surface area contributed by atoms with Gasteiger partial charge in [-0.05, 0) is 45.1 Å². The van der Waals surface area contributed by atoms with E-state index in [1.165, 1.54) is 58.0 Å². The van der Waals surface area contributed by atoms with Gasteiger partial charge in [0.15, 0.2) is 6.29 Å². The van der Waals surface area contributed by atoms with Crippen LogP contribution in [0, 0.1) is 11.3 Å². The number of piperidine rings is 2. The summed E-state index contributed by atoms with van der Waals surface area (Å²) in [5.74, 6) is 0.697. The molecule has 0 unspecified atom stereocenters. The van der Waals surface area contributed by atoms with Crippen LogP contribution in [-0.4, -0.2) is 41.5 Å². The second-order valence-electron chi connectivity index (χ2n) is 7.00. The van der Waals surface area contributed by atoms with Crippen LogP contribution in [0.25, 0.3) is 0 Å². The van der Waals surface area contributed by atoms with Gasteiger partial charge in [-0.2, -0.15) is 0 Å². The fourth-order valence-corrected chi connectivity index (χ4v) is 5.34. The summed E-state index contributed by atoms with van der Waals surface area (Å²) in [6, 6.07) is 0.752. The number of hydrogen-bond acceptors (Lipinski definition) is 3. The molecule has 0 aromatic carbocycles. The summed E-state index contributed by atoms with van der Waals surface area (Å²) in [5.41, 5.74) is 0.385. The largest absolute Gasteiger partial charge is 0.368 e. The molecule has 4 rings (SSSR count). The predicted octanol–water partition coefficient (Wildman–Crippen LogP) is 2.14. The van der Waals surface area contributed by atoms with Crippen LogP contribution in [0.2, 0.25) is 0 Å². The Balaban J connectivity index is 1.67. The molecule has 4 aliphatic rings. The number of aliphatic hydroxyl groups is 1. The number of rotatable bonds is 0. The zero-order valence-corrected chi connectivity index (χ0v) is 11.2. The molecule has 3 heteroatoms. The molecule has 4 fully saturated rings. The van der Waals surface area contributed by atoms with Crippen LogP contribution in [0.3, 0.4) is 0 Å². The van der Waals surface area contributed by atoms with Crippen molar-refractivity contribution in [2.45, 2.75) is 69.8 Å². The Kier molecular flexibility index (Phi) is 2.72. The number of aliphatic hydroxyl groups excluding tert-OH is 1. The molecule has 0 radical (unpaired) electrons. The lowest BCUT2D eigenvalue weighted by Gasteiger charge is -2.61. The molecule has 102 valence electrons. The lowest BCUT2D eigenvalue weighted by Crippen LogP contribution is -2.66. The van der Waals surface area contributed by atoms with Crippen LogP contribution < -0.4 is 0 Å². The van der Waals surface area contributed by atoms with Crippen molar-refractivity contribution in [3.8, 4) is 0 Å². The molecule has 0 amide bonds. The van der Waals surface area contributed by atoms with Crippen molar-refractivity contribution in [2.75, 3.05) is 13.1 Å². The van der Waals surface area contributed by atoms with Gasteiger partial charge in [0.25, 0.3) is 0 Å². The van der Waals surface area contributed by atoms with Crippen molar-refractivity contribution in [3.05, 3.63) is 0 Å². The Hall–Kier alpha value is -0.120. The minimum Gasteiger partial charge on any atom is -0.368 e. The van der Waals surface area contributed by atoms with Gasteiger partial charge in [-0.15, -0.1) is 0 Å². The standard InChI is InChI=1S/C15H25NO2/c17-13-6-8-15-7-3-4-11(14(15)18-13)12-5-1-2-9-16(12)10-15/h11-14,17H,1-10H2/t11-,12-,13+,14-,15-/m0/s1. The monoisotopic (exact) mass is 251 g/mol. The van der Waals surface area contributed by atoms with E-state index >= 15 is 0 Å². The van der Waals surface area contributed by atoms with E-state index in [4.69, 9.17) is 4.74 Å². The van der Waals surface area contributed by atoms with Gasteiger partial charge in [0.1, 0.15) is 0 Å². The normalized spacial score (nSPS) is 52.5. The van der Waals surface area contributed by atoms with Crippen LogP contribution in [-0.2, 0) is 4.74 Å². The van der Waals surface area contributed by atoms with E-state index in [9.17, 15) is 5.11 Å². The minimum atomic E-state index is -0.487. The van der Waals surface area contributed by atoms with Crippen LogP contribution in [0.15, 0.2) is 0 Å². The molecule has 1 aliphatic carbocycles. The maximum Gasteiger partial charge on any atom is 0.154 e. The van der Waals surface area contributed by atoms with Crippen molar-refractivity contribution in [1.82, 2.24) is 4.90 Å². The van der Waals surface area contributed by atoms with Gasteiger partial charge in [-0.25, -0.2) is 0 Å². The van der Waals surface area contributed by atoms with E-state index < -0.39 is 6.29 Å². The third kappa shape index (κ3) is 1.60. The quantitative estimate of drug-likeness (QED) is 0.716. The summed E-state index contributed by atoms with van der Waals surface area (Å²) < 4.78 is 6.03. The summed E-state index contributed by atoms with van der Waals surface area (Å²) in [5, 5.41) is 9.86. The first-order valence-corrected chi connectivity index (χ1v) is 7.86. The van der Waals surface area contributed by atoms with Crippen LogP contribution in [0.4, 0.5) is 0 Å². The molecule has 3 nitrogen and oxygen atoms in total. The molecule has 0 spiro atoms. The molecule has 18 heavy (non-hydrogen) atoms. The maximum atomic E-state index is 9.86. The summed E-state index contributed by atoms with van der Waals surface area (Å²) in [6.45, 7) is 2.55. The van der Waals surface area contributed by atoms with E-state index in [0.717, 1.165) is 12.5 Å². The number of nitrogens with zero attached hydrogens (tertiary/aromatic N) is 1. The third-order valence-corrected chi connectivity index (χ3v) is 6.07. The second kappa shape index (κ2) is 4.19. The van der Waals surface area contributed by atoms with Crippen LogP contribution >= 0.6 is 0 Å². The van der Waals surface area contributed by atoms with Gasteiger partial charge in [-0.3, -0.25) is 4.90 Å². The zero-order valence-electron chi connectivity index (χ0n) is 11.2. The molecule has 1 saturated carbocycles. The molecule has 1 N–H and O–H groups in total. The second-order valence-corrected chi connectivity index (χ2v) is 7.00. The van der Waals surface area contributed by atoms with Gasteiger partial charge in [0.05, 0.1) is 6.10 Å². The third-order valence-electron chi connectivity index (χ3n) is 6.07. The summed E-state index contributed by atoms with van der Waals surface area (Å²) in [6.07, 6.45) is 10.0. The molecular weight excluding hydrogens is 226 g/mol. The van der Waals surface area contributed by atoms with E-state index in [-0.39, 0.29) is 0 Å². The zero-order chi connectivity index (χ0) is 12.2. The maximum absolute atomic E-state index is 9.86. The molecule has 0 aromatic heterocycles. The number of hydrogen-bond donors (Lipinski definition) is 1. The number of ether oxygens (including phenoxy) is 1. The summed E-state index contributed by atoms with van der Waals surface area (Å²) >= 11 is 0. The average Bonchev–Trinajstić information content (AvgIpc) is 2.38.